The number of urea groups is 1. The molecule has 1 saturated heterocycles. The summed E-state index contributed by atoms with van der Waals surface area (Å²) in [6.07, 6.45) is 0. The molecule has 8 heteroatoms. The van der Waals surface area contributed by atoms with Crippen LogP contribution < -0.4 is 0 Å². The van der Waals surface area contributed by atoms with Crippen molar-refractivity contribution in [1.29, 1.82) is 0 Å². The first-order valence-electron chi connectivity index (χ1n) is 14.2. The maximum Gasteiger partial charge on any atom is 0.329 e. The molecule has 3 amide bonds. The molecular weight excluding hydrogens is 542 g/mol. The van der Waals surface area contributed by atoms with E-state index < -0.39 is 41.6 Å². The number of aliphatic carboxylic acids is 1. The Hall–Kier alpha value is -4.95. The number of rotatable bonds is 10. The molecule has 2 N–H and O–H groups in total. The van der Waals surface area contributed by atoms with Gasteiger partial charge in [0.25, 0.3) is 0 Å². The number of carboxylic acid groups (broad SMARTS) is 1. The largest absolute Gasteiger partial charge is 0.480 e. The average molecular weight is 578 g/mol. The number of carbonyl (C=O) groups is 3. The van der Waals surface area contributed by atoms with Crippen LogP contribution in [0.15, 0.2) is 121 Å². The Bertz CT molecular complexity index is 1510. The van der Waals surface area contributed by atoms with E-state index in [1.54, 1.807) is 38.2 Å². The molecule has 220 valence electrons. The molecule has 1 aliphatic rings. The summed E-state index contributed by atoms with van der Waals surface area (Å²) in [7, 11) is 1.55. The number of hydrogen-bond donors (Lipinski definition) is 2. The summed E-state index contributed by atoms with van der Waals surface area (Å²) in [6.45, 7) is 1.81. The lowest BCUT2D eigenvalue weighted by atomic mass is 9.80. The van der Waals surface area contributed by atoms with E-state index in [0.29, 0.717) is 11.1 Å². The van der Waals surface area contributed by atoms with Crippen molar-refractivity contribution in [2.75, 3.05) is 7.05 Å². The van der Waals surface area contributed by atoms with Crippen LogP contribution in [0.3, 0.4) is 0 Å². The van der Waals surface area contributed by atoms with Crippen molar-refractivity contribution in [2.24, 2.45) is 0 Å². The van der Waals surface area contributed by atoms with Crippen LogP contribution in [-0.2, 0) is 28.3 Å². The smallest absolute Gasteiger partial charge is 0.329 e. The summed E-state index contributed by atoms with van der Waals surface area (Å²) in [5, 5.41) is 22.8. The van der Waals surface area contributed by atoms with Crippen molar-refractivity contribution in [3.63, 3.8) is 0 Å². The molecule has 0 saturated carbocycles. The molecule has 1 unspecified atom stereocenters. The highest BCUT2D eigenvalue weighted by molar-refractivity contribution is 5.98. The number of carbonyl (C=O) groups excluding carboxylic acids is 2. The lowest BCUT2D eigenvalue weighted by Gasteiger charge is -2.42. The predicted octanol–water partition coefficient (Wildman–Crippen LogP) is 4.73. The lowest BCUT2D eigenvalue weighted by Crippen LogP contribution is -2.58. The van der Waals surface area contributed by atoms with Gasteiger partial charge in [-0.1, -0.05) is 121 Å². The Morgan fingerprint density at radius 2 is 1.09 bits per heavy atom. The molecule has 5 rings (SSSR count). The lowest BCUT2D eigenvalue weighted by molar-refractivity contribution is -0.150. The van der Waals surface area contributed by atoms with Gasteiger partial charge in [0.05, 0.1) is 6.04 Å². The first kappa shape index (κ1) is 29.5. The van der Waals surface area contributed by atoms with Gasteiger partial charge in [-0.15, -0.1) is 0 Å². The van der Waals surface area contributed by atoms with Gasteiger partial charge in [-0.05, 0) is 29.2 Å². The zero-order valence-corrected chi connectivity index (χ0v) is 24.2. The molecule has 0 bridgehead atoms. The van der Waals surface area contributed by atoms with E-state index in [2.05, 4.69) is 0 Å². The van der Waals surface area contributed by atoms with E-state index in [9.17, 15) is 24.6 Å². The third-order valence-corrected chi connectivity index (χ3v) is 8.32. The molecule has 3 atom stereocenters. The molecule has 0 aliphatic carbocycles. The van der Waals surface area contributed by atoms with Crippen LogP contribution in [0, 0.1) is 0 Å². The van der Waals surface area contributed by atoms with Crippen molar-refractivity contribution in [3.05, 3.63) is 144 Å². The zero-order valence-electron chi connectivity index (χ0n) is 24.2. The normalized spacial score (nSPS) is 17.5. The Morgan fingerprint density at radius 1 is 0.721 bits per heavy atom. The minimum Gasteiger partial charge on any atom is -0.480 e. The van der Waals surface area contributed by atoms with E-state index in [1.165, 1.54) is 14.7 Å². The summed E-state index contributed by atoms with van der Waals surface area (Å²) in [5.74, 6) is -1.86. The van der Waals surface area contributed by atoms with Crippen LogP contribution in [0.25, 0.3) is 0 Å². The highest BCUT2D eigenvalue weighted by Gasteiger charge is 2.55. The first-order chi connectivity index (χ1) is 20.7. The number of aliphatic hydroxyl groups is 1. The van der Waals surface area contributed by atoms with E-state index in [-0.39, 0.29) is 13.1 Å². The van der Waals surface area contributed by atoms with Crippen molar-refractivity contribution in [3.8, 4) is 0 Å². The number of amides is 3. The van der Waals surface area contributed by atoms with E-state index in [0.717, 1.165) is 11.1 Å². The molecule has 0 spiro atoms. The van der Waals surface area contributed by atoms with Crippen LogP contribution in [0.1, 0.15) is 29.2 Å². The second-order valence-electron chi connectivity index (χ2n) is 10.9. The van der Waals surface area contributed by atoms with Gasteiger partial charge < -0.3 is 24.9 Å². The molecule has 4 aromatic carbocycles. The number of benzene rings is 4. The second kappa shape index (κ2) is 12.5. The zero-order chi connectivity index (χ0) is 30.6. The summed E-state index contributed by atoms with van der Waals surface area (Å²) >= 11 is 0. The van der Waals surface area contributed by atoms with E-state index in [4.69, 9.17) is 0 Å². The van der Waals surface area contributed by atoms with Gasteiger partial charge in [0, 0.05) is 20.1 Å². The Kier molecular flexibility index (Phi) is 8.59. The Labute approximate surface area is 251 Å². The van der Waals surface area contributed by atoms with Crippen molar-refractivity contribution >= 4 is 17.9 Å². The van der Waals surface area contributed by atoms with E-state index in [1.807, 2.05) is 97.1 Å². The van der Waals surface area contributed by atoms with Crippen molar-refractivity contribution in [1.82, 2.24) is 14.7 Å². The molecule has 43 heavy (non-hydrogen) atoms. The molecule has 0 aromatic heterocycles. The summed E-state index contributed by atoms with van der Waals surface area (Å²) in [5.41, 5.74) is 1.05. The maximum absolute atomic E-state index is 14.5. The minimum atomic E-state index is -1.62. The second-order valence-corrected chi connectivity index (χ2v) is 10.9. The molecular formula is C35H35N3O5. The fourth-order valence-corrected chi connectivity index (χ4v) is 5.89. The summed E-state index contributed by atoms with van der Waals surface area (Å²) in [4.78, 5) is 45.2. The SMILES string of the molecule is CC(N(C)C(=O)[C@@H]1[C@H](C(=O)O)N(Cc2ccccc2)C(=O)N1Cc1ccccc1)C(O)(c1ccccc1)c1ccccc1. The monoisotopic (exact) mass is 577 g/mol. The number of hydrogen-bond acceptors (Lipinski definition) is 4. The van der Waals surface area contributed by atoms with Gasteiger partial charge in [-0.3, -0.25) is 4.79 Å². The van der Waals surface area contributed by atoms with Crippen LogP contribution in [0.4, 0.5) is 4.79 Å². The van der Waals surface area contributed by atoms with Gasteiger partial charge >= 0.3 is 12.0 Å². The van der Waals surface area contributed by atoms with Crippen LogP contribution in [-0.4, -0.2) is 68.0 Å². The fourth-order valence-electron chi connectivity index (χ4n) is 5.89. The fraction of sp³-hybridized carbons (Fsp3) is 0.229. The third-order valence-electron chi connectivity index (χ3n) is 8.32. The van der Waals surface area contributed by atoms with Gasteiger partial charge in [-0.2, -0.15) is 0 Å². The van der Waals surface area contributed by atoms with Gasteiger partial charge in [-0.25, -0.2) is 9.59 Å². The summed E-state index contributed by atoms with van der Waals surface area (Å²) < 4.78 is 0. The molecule has 1 fully saturated rings. The molecule has 8 nitrogen and oxygen atoms in total. The number of carboxylic acids is 1. The van der Waals surface area contributed by atoms with Crippen molar-refractivity contribution < 1.29 is 24.6 Å². The highest BCUT2D eigenvalue weighted by atomic mass is 16.4. The molecule has 4 aromatic rings. The maximum atomic E-state index is 14.5. The Morgan fingerprint density at radius 3 is 1.49 bits per heavy atom. The topological polar surface area (TPSA) is 101 Å². The molecule has 1 heterocycles. The summed E-state index contributed by atoms with van der Waals surface area (Å²) in [6, 6.07) is 32.3. The average Bonchev–Trinajstić information content (AvgIpc) is 3.31. The highest BCUT2D eigenvalue weighted by Crippen LogP contribution is 2.37. The predicted molar refractivity (Wildman–Crippen MR) is 163 cm³/mol. The first-order valence-corrected chi connectivity index (χ1v) is 14.2. The van der Waals surface area contributed by atoms with Gasteiger partial charge in [0.1, 0.15) is 11.6 Å². The third kappa shape index (κ3) is 5.74. The number of likely N-dealkylation sites (N-methyl/N-ethyl adjacent to an activating group) is 1. The minimum absolute atomic E-state index is 0.0307. The molecule has 1 aliphatic heterocycles. The standard InChI is InChI=1S/C35H35N3O5/c1-25(35(43,28-19-11-5-12-20-28)29-21-13-6-14-22-29)36(2)32(39)30-31(33(40)41)38(24-27-17-9-4-10-18-27)34(42)37(30)23-26-15-7-3-8-16-26/h3-22,25,30-31,43H,23-24H2,1-2H3,(H,40,41)/t25?,30-,31+/m0/s1. The van der Waals surface area contributed by atoms with Gasteiger partial charge in [0.15, 0.2) is 6.04 Å². The quantitative estimate of drug-likeness (QED) is 0.284. The van der Waals surface area contributed by atoms with Crippen LogP contribution in [0.5, 0.6) is 0 Å². The van der Waals surface area contributed by atoms with Crippen LogP contribution >= 0.6 is 0 Å². The van der Waals surface area contributed by atoms with Crippen molar-refractivity contribution in [2.45, 2.75) is 43.7 Å². The molecule has 0 radical (unpaired) electrons. The number of nitrogens with zero attached hydrogens (tertiary/aromatic N) is 3. The Balaban J connectivity index is 1.55. The van der Waals surface area contributed by atoms with Crippen LogP contribution in [0.2, 0.25) is 0 Å². The van der Waals surface area contributed by atoms with E-state index >= 15 is 0 Å². The van der Waals surface area contributed by atoms with Gasteiger partial charge in [0.2, 0.25) is 5.91 Å².